The van der Waals surface area contributed by atoms with Gasteiger partial charge in [-0.1, -0.05) is 11.6 Å². The molecule has 1 aromatic rings. The molecule has 0 bridgehead atoms. The van der Waals surface area contributed by atoms with Crippen LogP contribution in [-0.4, -0.2) is 23.3 Å². The van der Waals surface area contributed by atoms with Crippen LogP contribution in [-0.2, 0) is 4.79 Å². The van der Waals surface area contributed by atoms with Gasteiger partial charge in [0.25, 0.3) is 5.91 Å². The van der Waals surface area contributed by atoms with E-state index < -0.39 is 5.91 Å². The van der Waals surface area contributed by atoms with E-state index in [0.29, 0.717) is 29.7 Å². The van der Waals surface area contributed by atoms with Crippen molar-refractivity contribution in [3.63, 3.8) is 0 Å². The fourth-order valence-corrected chi connectivity index (χ4v) is 1.44. The molecule has 1 heterocycles. The topological polar surface area (TPSA) is 77.8 Å². The Morgan fingerprint density at radius 3 is 3.00 bits per heavy atom. The van der Waals surface area contributed by atoms with Gasteiger partial charge in [0, 0.05) is 29.8 Å². The van der Waals surface area contributed by atoms with E-state index in [0.717, 1.165) is 0 Å². The number of nitriles is 1. The second-order valence-electron chi connectivity index (χ2n) is 3.47. The van der Waals surface area contributed by atoms with E-state index in [1.165, 1.54) is 12.4 Å². The quantitative estimate of drug-likeness (QED) is 0.366. The Morgan fingerprint density at radius 1 is 1.58 bits per heavy atom. The maximum Gasteiger partial charge on any atom is 0.263 e. The van der Waals surface area contributed by atoms with Crippen LogP contribution in [0.25, 0.3) is 0 Å². The molecule has 0 saturated carbocycles. The maximum atomic E-state index is 11.6. The number of hydrogen-bond acceptors (Lipinski definition) is 4. The number of nitrogens with zero attached hydrogens (tertiary/aromatic N) is 2. The molecular formula is C12H12Cl2N4O. The van der Waals surface area contributed by atoms with E-state index in [1.807, 2.05) is 0 Å². The van der Waals surface area contributed by atoms with Crippen LogP contribution < -0.4 is 10.6 Å². The average Bonchev–Trinajstić information content (AvgIpc) is 2.40. The van der Waals surface area contributed by atoms with Crippen LogP contribution >= 0.6 is 23.2 Å². The summed E-state index contributed by atoms with van der Waals surface area (Å²) in [6, 6.07) is 5.01. The summed E-state index contributed by atoms with van der Waals surface area (Å²) in [5.74, 6) is 0.451. The molecule has 0 radical (unpaired) electrons. The van der Waals surface area contributed by atoms with Crippen molar-refractivity contribution >= 4 is 34.9 Å². The second-order valence-corrected chi connectivity index (χ2v) is 4.29. The van der Waals surface area contributed by atoms with Crippen LogP contribution in [0.4, 0.5) is 5.82 Å². The highest BCUT2D eigenvalue weighted by Gasteiger charge is 2.07. The first-order valence-electron chi connectivity index (χ1n) is 5.50. The standard InChI is InChI=1S/C12H12Cl2N4O/c13-3-1-4-17-12(19)9(7-15)8-18-11-6-10(14)2-5-16-11/h2,5-6,8H,1,3-4H2,(H,16,18)(H,17,19)/b9-8-. The second kappa shape index (κ2) is 8.35. The average molecular weight is 299 g/mol. The molecule has 0 aromatic carbocycles. The van der Waals surface area contributed by atoms with Crippen LogP contribution in [0.1, 0.15) is 6.42 Å². The number of alkyl halides is 1. The lowest BCUT2D eigenvalue weighted by Gasteiger charge is -2.03. The summed E-state index contributed by atoms with van der Waals surface area (Å²) in [5.41, 5.74) is -0.0450. The molecule has 0 atom stereocenters. The van der Waals surface area contributed by atoms with Gasteiger partial charge in [-0.15, -0.1) is 11.6 Å². The van der Waals surface area contributed by atoms with Gasteiger partial charge in [0.1, 0.15) is 17.5 Å². The van der Waals surface area contributed by atoms with Crippen LogP contribution in [0.3, 0.4) is 0 Å². The van der Waals surface area contributed by atoms with E-state index in [1.54, 1.807) is 18.2 Å². The fourth-order valence-electron chi connectivity index (χ4n) is 1.14. The monoisotopic (exact) mass is 298 g/mol. The van der Waals surface area contributed by atoms with Gasteiger partial charge in [-0.2, -0.15) is 5.26 Å². The smallest absolute Gasteiger partial charge is 0.263 e. The number of aromatic nitrogens is 1. The van der Waals surface area contributed by atoms with E-state index >= 15 is 0 Å². The molecule has 0 aliphatic rings. The molecule has 19 heavy (non-hydrogen) atoms. The van der Waals surface area contributed by atoms with Crippen molar-refractivity contribution in [1.29, 1.82) is 5.26 Å². The van der Waals surface area contributed by atoms with E-state index in [4.69, 9.17) is 28.5 Å². The van der Waals surface area contributed by atoms with Crippen molar-refractivity contribution in [2.45, 2.75) is 6.42 Å². The Balaban J connectivity index is 2.62. The third-order valence-electron chi connectivity index (χ3n) is 2.05. The third-order valence-corrected chi connectivity index (χ3v) is 2.55. The summed E-state index contributed by atoms with van der Waals surface area (Å²) < 4.78 is 0. The number of hydrogen-bond donors (Lipinski definition) is 2. The lowest BCUT2D eigenvalue weighted by atomic mass is 10.3. The first kappa shape index (κ1) is 15.3. The number of carbonyl (C=O) groups excluding carboxylic acids is 1. The van der Waals surface area contributed by atoms with Gasteiger partial charge in [0.05, 0.1) is 0 Å². The van der Waals surface area contributed by atoms with Crippen molar-refractivity contribution in [2.24, 2.45) is 0 Å². The molecule has 1 aromatic heterocycles. The number of anilines is 1. The van der Waals surface area contributed by atoms with Gasteiger partial charge in [-0.3, -0.25) is 4.79 Å². The highest BCUT2D eigenvalue weighted by molar-refractivity contribution is 6.30. The first-order chi connectivity index (χ1) is 9.17. The minimum atomic E-state index is -0.456. The van der Waals surface area contributed by atoms with Crippen molar-refractivity contribution < 1.29 is 4.79 Å². The molecule has 0 fully saturated rings. The largest absolute Gasteiger partial charge is 0.351 e. The molecule has 1 amide bonds. The maximum absolute atomic E-state index is 11.6. The minimum absolute atomic E-state index is 0.0450. The highest BCUT2D eigenvalue weighted by atomic mass is 35.5. The molecule has 0 unspecified atom stereocenters. The lowest BCUT2D eigenvalue weighted by molar-refractivity contribution is -0.117. The van der Waals surface area contributed by atoms with Crippen molar-refractivity contribution in [1.82, 2.24) is 10.3 Å². The van der Waals surface area contributed by atoms with Gasteiger partial charge in [-0.25, -0.2) is 4.98 Å². The molecule has 7 heteroatoms. The van der Waals surface area contributed by atoms with Crippen molar-refractivity contribution in [2.75, 3.05) is 17.7 Å². The Kier molecular flexibility index (Phi) is 6.72. The van der Waals surface area contributed by atoms with Gasteiger partial charge in [0.15, 0.2) is 0 Å². The first-order valence-corrected chi connectivity index (χ1v) is 6.41. The zero-order valence-electron chi connectivity index (χ0n) is 9.99. The Morgan fingerprint density at radius 2 is 2.37 bits per heavy atom. The SMILES string of the molecule is N#C/C(=C/Nc1cc(Cl)ccn1)C(=O)NCCCCl. The molecule has 0 saturated heterocycles. The van der Waals surface area contributed by atoms with Crippen LogP contribution in [0.15, 0.2) is 30.1 Å². The third kappa shape index (κ3) is 5.60. The molecule has 0 aliphatic heterocycles. The van der Waals surface area contributed by atoms with Crippen molar-refractivity contribution in [3.05, 3.63) is 35.1 Å². The molecule has 1 rings (SSSR count). The highest BCUT2D eigenvalue weighted by Crippen LogP contribution is 2.11. The number of nitrogens with one attached hydrogen (secondary N) is 2. The Bertz CT molecular complexity index is 511. The zero-order chi connectivity index (χ0) is 14.1. The van der Waals surface area contributed by atoms with E-state index in [9.17, 15) is 4.79 Å². The molecule has 0 spiro atoms. The van der Waals surface area contributed by atoms with Crippen LogP contribution in [0.5, 0.6) is 0 Å². The van der Waals surface area contributed by atoms with E-state index in [-0.39, 0.29) is 5.57 Å². The Labute approximate surface area is 121 Å². The van der Waals surface area contributed by atoms with Crippen LogP contribution in [0.2, 0.25) is 5.02 Å². The number of halogens is 2. The minimum Gasteiger partial charge on any atom is -0.351 e. The zero-order valence-corrected chi connectivity index (χ0v) is 11.5. The Hall–Kier alpha value is -1.77. The predicted octanol–water partition coefficient (Wildman–Crippen LogP) is 2.30. The fraction of sp³-hybridized carbons (Fsp3) is 0.250. The summed E-state index contributed by atoms with van der Waals surface area (Å²) in [7, 11) is 0. The summed E-state index contributed by atoms with van der Waals surface area (Å²) >= 11 is 11.3. The van der Waals surface area contributed by atoms with Crippen molar-refractivity contribution in [3.8, 4) is 6.07 Å². The van der Waals surface area contributed by atoms with Gasteiger partial charge in [0.2, 0.25) is 0 Å². The number of carbonyl (C=O) groups is 1. The summed E-state index contributed by atoms with van der Waals surface area (Å²) in [6.45, 7) is 0.427. The number of rotatable bonds is 6. The number of pyridine rings is 1. The van der Waals surface area contributed by atoms with Gasteiger partial charge >= 0.3 is 0 Å². The van der Waals surface area contributed by atoms with Gasteiger partial charge < -0.3 is 10.6 Å². The van der Waals surface area contributed by atoms with E-state index in [2.05, 4.69) is 15.6 Å². The predicted molar refractivity (Wildman–Crippen MR) is 74.9 cm³/mol. The molecule has 100 valence electrons. The molecule has 2 N–H and O–H groups in total. The normalized spacial score (nSPS) is 10.7. The summed E-state index contributed by atoms with van der Waals surface area (Å²) in [6.07, 6.45) is 3.45. The molecular weight excluding hydrogens is 287 g/mol. The summed E-state index contributed by atoms with van der Waals surface area (Å²) in [4.78, 5) is 15.6. The summed E-state index contributed by atoms with van der Waals surface area (Å²) in [5, 5.41) is 14.7. The van der Waals surface area contributed by atoms with Crippen LogP contribution in [0, 0.1) is 11.3 Å². The van der Waals surface area contributed by atoms with Gasteiger partial charge in [-0.05, 0) is 18.6 Å². The molecule has 5 nitrogen and oxygen atoms in total. The molecule has 0 aliphatic carbocycles. The lowest BCUT2D eigenvalue weighted by Crippen LogP contribution is -2.26. The number of amides is 1.